The van der Waals surface area contributed by atoms with Gasteiger partial charge < -0.3 is 4.74 Å². The molecule has 0 fully saturated rings. The van der Waals surface area contributed by atoms with Crippen LogP contribution in [0.15, 0.2) is 0 Å². The summed E-state index contributed by atoms with van der Waals surface area (Å²) in [5.41, 5.74) is -0.518. The third kappa shape index (κ3) is 5.64. The van der Waals surface area contributed by atoms with Crippen molar-refractivity contribution in [2.24, 2.45) is 28.1 Å². The van der Waals surface area contributed by atoms with Crippen LogP contribution in [-0.2, 0) is 9.53 Å². The predicted molar refractivity (Wildman–Crippen MR) is 91.2 cm³/mol. The Morgan fingerprint density at radius 3 is 1.48 bits per heavy atom. The van der Waals surface area contributed by atoms with Crippen LogP contribution in [0.5, 0.6) is 0 Å². The highest BCUT2D eigenvalue weighted by Gasteiger charge is 2.48. The highest BCUT2D eigenvalue weighted by molar-refractivity contribution is 5.77. The van der Waals surface area contributed by atoms with Gasteiger partial charge in [-0.3, -0.25) is 4.79 Å². The molecule has 0 aromatic heterocycles. The second-order valence-electron chi connectivity index (χ2n) is 9.68. The maximum atomic E-state index is 13.0. The molecule has 21 heavy (non-hydrogen) atoms. The minimum atomic E-state index is -0.479. The molecule has 1 atom stereocenters. The molecular formula is C19H38O2. The molecule has 0 aliphatic carbocycles. The summed E-state index contributed by atoms with van der Waals surface area (Å²) in [6.45, 7) is 23.5. The molecule has 1 unspecified atom stereocenters. The lowest BCUT2D eigenvalue weighted by Crippen LogP contribution is -2.46. The van der Waals surface area contributed by atoms with Crippen LogP contribution in [0, 0.1) is 28.1 Å². The van der Waals surface area contributed by atoms with E-state index < -0.39 is 5.41 Å². The van der Waals surface area contributed by atoms with Crippen molar-refractivity contribution in [3.05, 3.63) is 0 Å². The van der Waals surface area contributed by atoms with Crippen LogP contribution in [0.1, 0.15) is 82.6 Å². The zero-order valence-corrected chi connectivity index (χ0v) is 16.3. The number of rotatable bonds is 5. The number of carbonyl (C=O) groups is 1. The van der Waals surface area contributed by atoms with Gasteiger partial charge in [-0.15, -0.1) is 0 Å². The summed E-state index contributed by atoms with van der Waals surface area (Å²) in [6, 6.07) is 0. The van der Waals surface area contributed by atoms with Crippen LogP contribution in [0.2, 0.25) is 0 Å². The maximum absolute atomic E-state index is 13.0. The largest absolute Gasteiger partial charge is 0.461 e. The van der Waals surface area contributed by atoms with Crippen LogP contribution < -0.4 is 0 Å². The highest BCUT2D eigenvalue weighted by atomic mass is 16.5. The molecule has 0 N–H and O–H groups in total. The normalized spacial score (nSPS) is 16.5. The van der Waals surface area contributed by atoms with E-state index in [1.165, 1.54) is 0 Å². The molecule has 0 aromatic carbocycles. The van der Waals surface area contributed by atoms with Gasteiger partial charge in [0, 0.05) is 0 Å². The lowest BCUT2D eigenvalue weighted by atomic mass is 9.61. The van der Waals surface area contributed by atoms with Crippen LogP contribution in [0.4, 0.5) is 0 Å². The molecule has 0 saturated heterocycles. The van der Waals surface area contributed by atoms with Gasteiger partial charge in [0.05, 0.1) is 5.41 Å². The molecule has 0 radical (unpaired) electrons. The van der Waals surface area contributed by atoms with Crippen LogP contribution in [-0.4, -0.2) is 12.1 Å². The van der Waals surface area contributed by atoms with E-state index in [0.717, 1.165) is 6.42 Å². The molecule has 0 amide bonds. The van der Waals surface area contributed by atoms with E-state index in [1.54, 1.807) is 0 Å². The number of ether oxygens (including phenoxy) is 1. The lowest BCUT2D eigenvalue weighted by Gasteiger charge is -2.44. The Hall–Kier alpha value is -0.530. The Kier molecular flexibility index (Phi) is 6.54. The van der Waals surface area contributed by atoms with Gasteiger partial charge in [-0.2, -0.15) is 0 Å². The fraction of sp³-hybridized carbons (Fsp3) is 0.947. The van der Waals surface area contributed by atoms with Gasteiger partial charge >= 0.3 is 5.97 Å². The Morgan fingerprint density at radius 1 is 0.857 bits per heavy atom. The van der Waals surface area contributed by atoms with Crippen molar-refractivity contribution >= 4 is 5.97 Å². The van der Waals surface area contributed by atoms with Crippen molar-refractivity contribution in [3.8, 4) is 0 Å². The van der Waals surface area contributed by atoms with Crippen molar-refractivity contribution in [2.75, 3.05) is 0 Å². The topological polar surface area (TPSA) is 26.3 Å². The summed E-state index contributed by atoms with van der Waals surface area (Å²) >= 11 is 0. The fourth-order valence-electron chi connectivity index (χ4n) is 3.00. The molecular weight excluding hydrogens is 260 g/mol. The summed E-state index contributed by atoms with van der Waals surface area (Å²) in [6.07, 6.45) is 0.810. The summed E-state index contributed by atoms with van der Waals surface area (Å²) in [5.74, 6) is 0.637. The fourth-order valence-corrected chi connectivity index (χ4v) is 3.00. The Labute approximate surface area is 133 Å². The first kappa shape index (κ1) is 20.5. The Bertz CT molecular complexity index is 334. The van der Waals surface area contributed by atoms with Crippen LogP contribution in [0.25, 0.3) is 0 Å². The Morgan fingerprint density at radius 2 is 1.24 bits per heavy atom. The van der Waals surface area contributed by atoms with E-state index >= 15 is 0 Å². The molecule has 0 bridgehead atoms. The summed E-state index contributed by atoms with van der Waals surface area (Å²) in [5, 5.41) is 0. The van der Waals surface area contributed by atoms with E-state index in [1.807, 2.05) is 0 Å². The third-order valence-electron chi connectivity index (χ3n) is 4.55. The lowest BCUT2D eigenvalue weighted by molar-refractivity contribution is -0.175. The van der Waals surface area contributed by atoms with Gasteiger partial charge in [0.1, 0.15) is 6.10 Å². The average molecular weight is 299 g/mol. The monoisotopic (exact) mass is 298 g/mol. The SMILES string of the molecule is CC(C)C(OC(=O)C(C)(CC(C)(C)C)C(C)(C)C)C(C)C. The van der Waals surface area contributed by atoms with Crippen molar-refractivity contribution in [3.63, 3.8) is 0 Å². The van der Waals surface area contributed by atoms with Gasteiger partial charge in [-0.25, -0.2) is 0 Å². The standard InChI is InChI=1S/C19H38O2/c1-13(2)15(14(3)4)21-16(20)19(11,18(8,9)10)12-17(5,6)7/h13-15H,12H2,1-11H3. The molecule has 126 valence electrons. The minimum Gasteiger partial charge on any atom is -0.461 e. The zero-order valence-electron chi connectivity index (χ0n) is 16.3. The molecule has 2 nitrogen and oxygen atoms in total. The number of esters is 1. The predicted octanol–water partition coefficient (Wildman–Crippen LogP) is 5.70. The first-order chi connectivity index (χ1) is 9.12. The third-order valence-corrected chi connectivity index (χ3v) is 4.55. The second-order valence-corrected chi connectivity index (χ2v) is 9.68. The van der Waals surface area contributed by atoms with Gasteiger partial charge in [-0.1, -0.05) is 69.2 Å². The van der Waals surface area contributed by atoms with Gasteiger partial charge in [-0.05, 0) is 36.0 Å². The van der Waals surface area contributed by atoms with Gasteiger partial charge in [0.25, 0.3) is 0 Å². The molecule has 0 heterocycles. The summed E-state index contributed by atoms with van der Waals surface area (Å²) in [7, 11) is 0. The Balaban J connectivity index is 5.42. The molecule has 0 spiro atoms. The maximum Gasteiger partial charge on any atom is 0.312 e. The molecule has 2 heteroatoms. The van der Waals surface area contributed by atoms with E-state index in [9.17, 15) is 4.79 Å². The second kappa shape index (κ2) is 6.71. The van der Waals surface area contributed by atoms with Crippen molar-refractivity contribution < 1.29 is 9.53 Å². The average Bonchev–Trinajstić information content (AvgIpc) is 2.20. The quantitative estimate of drug-likeness (QED) is 0.609. The molecule has 0 aromatic rings. The summed E-state index contributed by atoms with van der Waals surface area (Å²) < 4.78 is 5.97. The minimum absolute atomic E-state index is 0.0147. The molecule has 0 saturated carbocycles. The van der Waals surface area contributed by atoms with E-state index in [4.69, 9.17) is 4.74 Å². The highest BCUT2D eigenvalue weighted by Crippen LogP contribution is 2.47. The van der Waals surface area contributed by atoms with Gasteiger partial charge in [0.2, 0.25) is 0 Å². The smallest absolute Gasteiger partial charge is 0.312 e. The van der Waals surface area contributed by atoms with E-state index in [0.29, 0.717) is 11.8 Å². The van der Waals surface area contributed by atoms with Crippen molar-refractivity contribution in [2.45, 2.75) is 88.7 Å². The number of hydrogen-bond acceptors (Lipinski definition) is 2. The van der Waals surface area contributed by atoms with Crippen molar-refractivity contribution in [1.29, 1.82) is 0 Å². The van der Waals surface area contributed by atoms with Crippen LogP contribution in [0.3, 0.4) is 0 Å². The van der Waals surface area contributed by atoms with E-state index in [-0.39, 0.29) is 22.9 Å². The van der Waals surface area contributed by atoms with E-state index in [2.05, 4.69) is 76.2 Å². The molecule has 0 aliphatic rings. The van der Waals surface area contributed by atoms with Crippen LogP contribution >= 0.6 is 0 Å². The molecule has 0 rings (SSSR count). The summed E-state index contributed by atoms with van der Waals surface area (Å²) in [4.78, 5) is 13.0. The molecule has 0 aliphatic heterocycles. The number of hydrogen-bond donors (Lipinski definition) is 0. The first-order valence-corrected chi connectivity index (χ1v) is 8.33. The first-order valence-electron chi connectivity index (χ1n) is 8.33. The van der Waals surface area contributed by atoms with Gasteiger partial charge in [0.15, 0.2) is 0 Å². The van der Waals surface area contributed by atoms with Crippen molar-refractivity contribution in [1.82, 2.24) is 0 Å². The zero-order chi connectivity index (χ0) is 17.2. The number of carbonyl (C=O) groups excluding carboxylic acids is 1.